The van der Waals surface area contributed by atoms with Gasteiger partial charge in [-0.25, -0.2) is 0 Å². The van der Waals surface area contributed by atoms with Crippen molar-refractivity contribution in [3.05, 3.63) is 0 Å². The largest absolute Gasteiger partial charge is 0.466 e. The summed E-state index contributed by atoms with van der Waals surface area (Å²) in [5, 5.41) is 0. The second-order valence-electron chi connectivity index (χ2n) is 3.06. The highest BCUT2D eigenvalue weighted by Gasteiger charge is 2.34. The normalized spacial score (nSPS) is 22.9. The van der Waals surface area contributed by atoms with Crippen molar-refractivity contribution in [1.29, 1.82) is 0 Å². The van der Waals surface area contributed by atoms with Gasteiger partial charge in [0.05, 0.1) is 13.0 Å². The van der Waals surface area contributed by atoms with E-state index in [0.717, 1.165) is 6.42 Å². The van der Waals surface area contributed by atoms with E-state index >= 15 is 0 Å². The van der Waals surface area contributed by atoms with Crippen molar-refractivity contribution in [2.24, 2.45) is 16.9 Å². The highest BCUT2D eigenvalue weighted by Crippen LogP contribution is 2.28. The quantitative estimate of drug-likeness (QED) is 0.517. The first-order chi connectivity index (χ1) is 5.22. The molecule has 4 nitrogen and oxygen atoms in total. The first kappa shape index (κ1) is 8.49. The van der Waals surface area contributed by atoms with Crippen LogP contribution in [0, 0.1) is 5.41 Å². The Morgan fingerprint density at radius 3 is 2.45 bits per heavy atom. The predicted molar refractivity (Wildman–Crippen MR) is 40.7 cm³/mol. The molecular weight excluding hydrogens is 144 g/mol. The van der Waals surface area contributed by atoms with Crippen molar-refractivity contribution >= 4 is 5.97 Å². The number of rotatable bonds is 2. The second kappa shape index (κ2) is 3.19. The van der Waals surface area contributed by atoms with Gasteiger partial charge in [-0.3, -0.25) is 4.79 Å². The SMILES string of the molecule is NCC1(CN)CCOC(=O)C1. The summed E-state index contributed by atoms with van der Waals surface area (Å²) < 4.78 is 4.79. The van der Waals surface area contributed by atoms with Gasteiger partial charge in [0, 0.05) is 5.41 Å². The minimum atomic E-state index is -0.185. The smallest absolute Gasteiger partial charge is 0.306 e. The minimum Gasteiger partial charge on any atom is -0.466 e. The Labute approximate surface area is 65.9 Å². The van der Waals surface area contributed by atoms with E-state index in [1.807, 2.05) is 0 Å². The average molecular weight is 158 g/mol. The van der Waals surface area contributed by atoms with Gasteiger partial charge in [0.1, 0.15) is 0 Å². The molecule has 0 aromatic carbocycles. The lowest BCUT2D eigenvalue weighted by molar-refractivity contribution is -0.152. The summed E-state index contributed by atoms with van der Waals surface area (Å²) in [5.74, 6) is -0.174. The zero-order valence-electron chi connectivity index (χ0n) is 6.51. The Bertz CT molecular complexity index is 155. The number of nitrogens with two attached hydrogens (primary N) is 2. The molecule has 1 aliphatic heterocycles. The van der Waals surface area contributed by atoms with Crippen LogP contribution in [0.3, 0.4) is 0 Å². The fourth-order valence-corrected chi connectivity index (χ4v) is 1.26. The maximum Gasteiger partial charge on any atom is 0.306 e. The summed E-state index contributed by atoms with van der Waals surface area (Å²) >= 11 is 0. The zero-order chi connectivity index (χ0) is 8.32. The summed E-state index contributed by atoms with van der Waals surface area (Å²) in [5.41, 5.74) is 10.9. The van der Waals surface area contributed by atoms with Gasteiger partial charge in [0.15, 0.2) is 0 Å². The first-order valence-corrected chi connectivity index (χ1v) is 3.78. The lowest BCUT2D eigenvalue weighted by Gasteiger charge is -2.33. The van der Waals surface area contributed by atoms with Crippen LogP contribution in [0.25, 0.3) is 0 Å². The molecule has 0 saturated carbocycles. The van der Waals surface area contributed by atoms with Crippen LogP contribution in [-0.4, -0.2) is 25.7 Å². The number of cyclic esters (lactones) is 1. The second-order valence-corrected chi connectivity index (χ2v) is 3.06. The third kappa shape index (κ3) is 1.70. The molecule has 0 spiro atoms. The molecule has 0 atom stereocenters. The topological polar surface area (TPSA) is 78.3 Å². The first-order valence-electron chi connectivity index (χ1n) is 3.78. The van der Waals surface area contributed by atoms with Gasteiger partial charge < -0.3 is 16.2 Å². The Kier molecular flexibility index (Phi) is 2.46. The Morgan fingerprint density at radius 2 is 2.09 bits per heavy atom. The summed E-state index contributed by atoms with van der Waals surface area (Å²) in [6.45, 7) is 1.41. The monoisotopic (exact) mass is 158 g/mol. The number of ether oxygens (including phenoxy) is 1. The van der Waals surface area contributed by atoms with Gasteiger partial charge >= 0.3 is 5.97 Å². The van der Waals surface area contributed by atoms with E-state index in [2.05, 4.69) is 0 Å². The molecule has 0 amide bonds. The number of hydrogen-bond donors (Lipinski definition) is 2. The number of carbonyl (C=O) groups excluding carboxylic acids is 1. The molecule has 64 valence electrons. The fraction of sp³-hybridized carbons (Fsp3) is 0.857. The molecule has 0 aromatic heterocycles. The van der Waals surface area contributed by atoms with Crippen molar-refractivity contribution in [3.63, 3.8) is 0 Å². The van der Waals surface area contributed by atoms with E-state index in [1.54, 1.807) is 0 Å². The number of hydrogen-bond acceptors (Lipinski definition) is 4. The molecule has 1 heterocycles. The molecule has 0 unspecified atom stereocenters. The minimum absolute atomic E-state index is 0.174. The Balaban J connectivity index is 2.59. The van der Waals surface area contributed by atoms with Crippen LogP contribution in [0.4, 0.5) is 0 Å². The van der Waals surface area contributed by atoms with Crippen LogP contribution in [0.1, 0.15) is 12.8 Å². The molecule has 1 rings (SSSR count). The summed E-state index contributed by atoms with van der Waals surface area (Å²) in [6.07, 6.45) is 1.17. The molecule has 1 fully saturated rings. The van der Waals surface area contributed by atoms with Crippen LogP contribution >= 0.6 is 0 Å². The van der Waals surface area contributed by atoms with Crippen LogP contribution in [0.2, 0.25) is 0 Å². The number of esters is 1. The van der Waals surface area contributed by atoms with Crippen molar-refractivity contribution in [2.45, 2.75) is 12.8 Å². The van der Waals surface area contributed by atoms with Crippen molar-refractivity contribution in [3.8, 4) is 0 Å². The van der Waals surface area contributed by atoms with E-state index in [4.69, 9.17) is 16.2 Å². The maximum absolute atomic E-state index is 10.9. The highest BCUT2D eigenvalue weighted by molar-refractivity contribution is 5.71. The zero-order valence-corrected chi connectivity index (χ0v) is 6.51. The van der Waals surface area contributed by atoms with Crippen molar-refractivity contribution < 1.29 is 9.53 Å². The molecule has 11 heavy (non-hydrogen) atoms. The van der Waals surface area contributed by atoms with E-state index in [1.165, 1.54) is 0 Å². The van der Waals surface area contributed by atoms with E-state index in [0.29, 0.717) is 26.1 Å². The Hall–Kier alpha value is -0.610. The molecule has 0 bridgehead atoms. The van der Waals surface area contributed by atoms with Crippen LogP contribution in [0.5, 0.6) is 0 Å². The van der Waals surface area contributed by atoms with Gasteiger partial charge in [-0.1, -0.05) is 0 Å². The molecule has 0 aliphatic carbocycles. The van der Waals surface area contributed by atoms with E-state index in [9.17, 15) is 4.79 Å². The summed E-state index contributed by atoms with van der Waals surface area (Å²) in [4.78, 5) is 10.9. The van der Waals surface area contributed by atoms with Crippen molar-refractivity contribution in [1.82, 2.24) is 0 Å². The molecule has 1 aliphatic rings. The molecular formula is C7H14N2O2. The van der Waals surface area contributed by atoms with Crippen LogP contribution in [0.15, 0.2) is 0 Å². The lowest BCUT2D eigenvalue weighted by Crippen LogP contribution is -2.44. The fourth-order valence-electron chi connectivity index (χ4n) is 1.26. The van der Waals surface area contributed by atoms with Gasteiger partial charge in [-0.15, -0.1) is 0 Å². The molecule has 1 saturated heterocycles. The average Bonchev–Trinajstić information content (AvgIpc) is 2.04. The van der Waals surface area contributed by atoms with Crippen molar-refractivity contribution in [2.75, 3.05) is 19.7 Å². The Morgan fingerprint density at radius 1 is 1.45 bits per heavy atom. The molecule has 0 radical (unpaired) electrons. The predicted octanol–water partition coefficient (Wildman–Crippen LogP) is -0.773. The highest BCUT2D eigenvalue weighted by atomic mass is 16.5. The number of carbonyl (C=O) groups is 1. The molecule has 0 aromatic rings. The lowest BCUT2D eigenvalue weighted by atomic mass is 9.80. The molecule has 4 N–H and O–H groups in total. The standard InChI is InChI=1S/C7H14N2O2/c8-4-7(5-9)1-2-11-6(10)3-7/h1-5,8-9H2. The molecule has 4 heteroatoms. The van der Waals surface area contributed by atoms with Gasteiger partial charge in [0.25, 0.3) is 0 Å². The van der Waals surface area contributed by atoms with Crippen LogP contribution in [-0.2, 0) is 9.53 Å². The van der Waals surface area contributed by atoms with E-state index in [-0.39, 0.29) is 11.4 Å². The van der Waals surface area contributed by atoms with Gasteiger partial charge in [0.2, 0.25) is 0 Å². The third-order valence-corrected chi connectivity index (χ3v) is 2.28. The van der Waals surface area contributed by atoms with E-state index < -0.39 is 0 Å². The van der Waals surface area contributed by atoms with Gasteiger partial charge in [-0.2, -0.15) is 0 Å². The summed E-state index contributed by atoms with van der Waals surface area (Å²) in [6, 6.07) is 0. The van der Waals surface area contributed by atoms with Crippen LogP contribution < -0.4 is 11.5 Å². The summed E-state index contributed by atoms with van der Waals surface area (Å²) in [7, 11) is 0. The maximum atomic E-state index is 10.9. The van der Waals surface area contributed by atoms with Gasteiger partial charge in [-0.05, 0) is 19.5 Å². The third-order valence-electron chi connectivity index (χ3n) is 2.28.